The average molecular weight is 361 g/mol. The molecule has 6 nitrogen and oxygen atoms in total. The zero-order chi connectivity index (χ0) is 19.6. The monoisotopic (exact) mass is 361 g/mol. The van der Waals surface area contributed by atoms with E-state index in [2.05, 4.69) is 43.4 Å². The number of rotatable bonds is 1. The zero-order valence-corrected chi connectivity index (χ0v) is 14.7. The summed E-state index contributed by atoms with van der Waals surface area (Å²) in [5.74, 6) is 0. The maximum absolute atomic E-state index is 8.40. The molecule has 0 spiro atoms. The first-order valence-electron chi connectivity index (χ1n) is 8.23. The molecule has 0 atom stereocenters. The smallest absolute Gasteiger partial charge is 0.185 e. The molecule has 130 valence electrons. The highest BCUT2D eigenvalue weighted by molar-refractivity contribution is 6.06. The standard InChI is InChI=1S/C22H13N6/c23-27-25-21-13-9-19(10-14-21)7-5-17-1-2-18(4-3-17)6-8-20-11-15-22(16-12-20)26-28-24/h1-4,9-16,23H/q+1. The van der Waals surface area contributed by atoms with Crippen molar-refractivity contribution in [1.82, 2.24) is 0 Å². The summed E-state index contributed by atoms with van der Waals surface area (Å²) in [7, 11) is 0. The third kappa shape index (κ3) is 5.20. The molecule has 0 saturated heterocycles. The van der Waals surface area contributed by atoms with E-state index < -0.39 is 0 Å². The molecule has 0 saturated carbocycles. The van der Waals surface area contributed by atoms with Crippen molar-refractivity contribution in [2.75, 3.05) is 0 Å². The second-order valence-corrected chi connectivity index (χ2v) is 5.56. The molecule has 6 heteroatoms. The highest BCUT2D eigenvalue weighted by Crippen LogP contribution is 2.05. The second kappa shape index (κ2) is 9.20. The molecule has 3 rings (SSSR count). The Morgan fingerprint density at radius 2 is 1.14 bits per heavy atom. The zero-order valence-electron chi connectivity index (χ0n) is 14.7. The minimum absolute atomic E-state index is 0.561. The molecular formula is C22H13N6+. The first kappa shape index (κ1) is 18.2. The molecule has 0 aromatic heterocycles. The Labute approximate surface area is 160 Å². The lowest BCUT2D eigenvalue weighted by molar-refractivity contribution is 0.992. The minimum atomic E-state index is 0.561. The van der Waals surface area contributed by atoms with Crippen molar-refractivity contribution in [2.45, 2.75) is 0 Å². The number of hydrogen-bond donors (Lipinski definition) is 1. The normalized spacial score (nSPS) is 13.8. The number of nitrogens with zero attached hydrogens (tertiary/aromatic N) is 5. The van der Waals surface area contributed by atoms with Crippen molar-refractivity contribution in [1.29, 1.82) is 10.9 Å². The van der Waals surface area contributed by atoms with Gasteiger partial charge in [-0.1, -0.05) is 28.1 Å². The molecule has 2 aliphatic carbocycles. The molecule has 1 aromatic rings. The molecule has 1 N–H and O–H groups in total. The lowest BCUT2D eigenvalue weighted by atomic mass is 10.1. The van der Waals surface area contributed by atoms with Crippen LogP contribution in [-0.2, 0) is 0 Å². The molecular weight excluding hydrogens is 348 g/mol. The first-order chi connectivity index (χ1) is 13.8. The molecule has 1 aromatic carbocycles. The van der Waals surface area contributed by atoms with Gasteiger partial charge in [-0.15, -0.1) is 5.10 Å². The van der Waals surface area contributed by atoms with Gasteiger partial charge in [-0.25, -0.2) is 0 Å². The molecule has 2 aliphatic rings. The van der Waals surface area contributed by atoms with Crippen LogP contribution < -0.4 is 10.4 Å². The summed E-state index contributed by atoms with van der Waals surface area (Å²) in [6, 6.07) is 7.68. The number of allylic oxidation sites excluding steroid dienone is 10. The summed E-state index contributed by atoms with van der Waals surface area (Å²) >= 11 is 0. The molecule has 0 aliphatic heterocycles. The van der Waals surface area contributed by atoms with E-state index in [0.29, 0.717) is 11.4 Å². The summed E-state index contributed by atoms with van der Waals surface area (Å²) < 4.78 is 0. The van der Waals surface area contributed by atoms with Gasteiger partial charge in [0.05, 0.1) is 5.71 Å². The van der Waals surface area contributed by atoms with Gasteiger partial charge in [0, 0.05) is 21.6 Å². The Morgan fingerprint density at radius 3 is 1.57 bits per heavy atom. The van der Waals surface area contributed by atoms with E-state index in [1.165, 1.54) is 0 Å². The fourth-order valence-corrected chi connectivity index (χ4v) is 2.26. The third-order valence-corrected chi connectivity index (χ3v) is 3.65. The number of hydrogen-bond acceptors (Lipinski definition) is 4. The van der Waals surface area contributed by atoms with Crippen molar-refractivity contribution in [2.24, 2.45) is 15.4 Å². The van der Waals surface area contributed by atoms with Gasteiger partial charge < -0.3 is 0 Å². The van der Waals surface area contributed by atoms with Gasteiger partial charge in [-0.3, -0.25) is 0 Å². The topological polar surface area (TPSA) is 89.1 Å². The van der Waals surface area contributed by atoms with E-state index >= 15 is 0 Å². The van der Waals surface area contributed by atoms with Crippen LogP contribution in [0.1, 0.15) is 0 Å². The van der Waals surface area contributed by atoms with Gasteiger partial charge in [-0.05, 0) is 72.9 Å². The van der Waals surface area contributed by atoms with Crippen molar-refractivity contribution >= 4 is 22.9 Å². The number of benzene rings is 1. The molecule has 28 heavy (non-hydrogen) atoms. The molecule has 0 bridgehead atoms. The van der Waals surface area contributed by atoms with Crippen molar-refractivity contribution < 1.29 is 0 Å². The van der Waals surface area contributed by atoms with Gasteiger partial charge in [0.1, 0.15) is 0 Å². The van der Waals surface area contributed by atoms with Crippen LogP contribution in [0.5, 0.6) is 0 Å². The summed E-state index contributed by atoms with van der Waals surface area (Å²) in [5.41, 5.74) is 21.9. The van der Waals surface area contributed by atoms with Crippen LogP contribution >= 0.6 is 0 Å². The summed E-state index contributed by atoms with van der Waals surface area (Å²) in [6.45, 7) is 0. The number of nitrogens with one attached hydrogen (secondary N) is 1. The van der Waals surface area contributed by atoms with Crippen LogP contribution in [0.25, 0.3) is 16.5 Å². The van der Waals surface area contributed by atoms with Gasteiger partial charge in [0.15, 0.2) is 10.8 Å². The Bertz CT molecular complexity index is 1260. The Balaban J connectivity index is 1.89. The lowest BCUT2D eigenvalue weighted by Crippen LogP contribution is -2.04. The fraction of sp³-hybridized carbons (Fsp3) is 0. The van der Waals surface area contributed by atoms with E-state index in [9.17, 15) is 0 Å². The van der Waals surface area contributed by atoms with Crippen LogP contribution in [0.4, 0.5) is 0 Å². The van der Waals surface area contributed by atoms with Crippen molar-refractivity contribution in [3.8, 4) is 0 Å². The van der Waals surface area contributed by atoms with E-state index in [1.807, 2.05) is 48.6 Å². The molecule has 0 radical (unpaired) electrons. The van der Waals surface area contributed by atoms with Gasteiger partial charge in [0.2, 0.25) is 0 Å². The lowest BCUT2D eigenvalue weighted by Gasteiger charge is -1.96. The number of diazo groups is 1. The van der Waals surface area contributed by atoms with Gasteiger partial charge in [-0.2, -0.15) is 5.53 Å². The second-order valence-electron chi connectivity index (χ2n) is 5.56. The summed E-state index contributed by atoms with van der Waals surface area (Å²) in [6.07, 6.45) is 14.3. The largest absolute Gasteiger partial charge is 0.339 e. The van der Waals surface area contributed by atoms with E-state index in [-0.39, 0.29) is 0 Å². The molecule has 0 fully saturated rings. The van der Waals surface area contributed by atoms with E-state index in [4.69, 9.17) is 10.9 Å². The maximum Gasteiger partial charge on any atom is 0.339 e. The van der Waals surface area contributed by atoms with Crippen molar-refractivity contribution in [3.05, 3.63) is 111 Å². The first-order valence-corrected chi connectivity index (χ1v) is 8.23. The predicted octanol–water partition coefficient (Wildman–Crippen LogP) is 3.46. The quantitative estimate of drug-likeness (QED) is 0.353. The third-order valence-electron chi connectivity index (χ3n) is 3.65. The van der Waals surface area contributed by atoms with Gasteiger partial charge in [0.25, 0.3) is 5.39 Å². The van der Waals surface area contributed by atoms with Crippen LogP contribution in [0.3, 0.4) is 0 Å². The Kier molecular flexibility index (Phi) is 5.98. The predicted molar refractivity (Wildman–Crippen MR) is 108 cm³/mol. The molecule has 0 amide bonds. The Hall–Kier alpha value is -4.60. The highest BCUT2D eigenvalue weighted by atomic mass is 15.3. The SMILES string of the molecule is N#[N+]N=C1C=CC(=C=C=c2ccc(=C=C=C3C=CC(=NN=N)C=C3)cc2)C=C1. The van der Waals surface area contributed by atoms with E-state index in [0.717, 1.165) is 21.6 Å². The van der Waals surface area contributed by atoms with Crippen LogP contribution in [0, 0.1) is 10.9 Å². The fourth-order valence-electron chi connectivity index (χ4n) is 2.26. The minimum Gasteiger partial charge on any atom is -0.185 e. The van der Waals surface area contributed by atoms with Crippen molar-refractivity contribution in [3.63, 3.8) is 0 Å². The summed E-state index contributed by atoms with van der Waals surface area (Å²) in [4.78, 5) is 0. The molecule has 0 unspecified atom stereocenters. The Morgan fingerprint density at radius 1 is 0.679 bits per heavy atom. The van der Waals surface area contributed by atoms with Crippen LogP contribution in [0.2, 0.25) is 0 Å². The summed E-state index contributed by atoms with van der Waals surface area (Å²) in [5, 5.41) is 23.1. The highest BCUT2D eigenvalue weighted by Gasteiger charge is 2.00. The average Bonchev–Trinajstić information content (AvgIpc) is 2.74. The van der Waals surface area contributed by atoms with Crippen LogP contribution in [-0.4, -0.2) is 11.4 Å². The van der Waals surface area contributed by atoms with Crippen LogP contribution in [0.15, 0.2) is 111 Å². The van der Waals surface area contributed by atoms with E-state index in [1.54, 1.807) is 24.3 Å². The van der Waals surface area contributed by atoms with Gasteiger partial charge >= 0.3 is 5.08 Å². The molecule has 0 heterocycles. The maximum atomic E-state index is 8.40.